The van der Waals surface area contributed by atoms with E-state index < -0.39 is 0 Å². The van der Waals surface area contributed by atoms with Gasteiger partial charge in [-0.3, -0.25) is 0 Å². The molecule has 10 heteroatoms. The zero-order chi connectivity index (χ0) is 22.9. The molecule has 2 N–H and O–H groups in total. The first-order chi connectivity index (χ1) is 16.1. The van der Waals surface area contributed by atoms with E-state index in [-0.39, 0.29) is 12.6 Å². The van der Waals surface area contributed by atoms with E-state index in [0.717, 1.165) is 41.7 Å². The number of nitrogens with two attached hydrogens (primary N) is 1. The standard InChI is InChI=1S/C23H23Cl2N7O/c1-14-8-19(32-13-27-12-29-32)16-5-2-6-20(22(16)30-14)33-11-17-18(24)10-28-23(21(17)25)31-7-3-4-15(31)9-26/h2,5-6,8,10,12-13,15H,3-4,7,9,11,26H2,1H3/t15-/m0/s1. The fourth-order valence-corrected chi connectivity index (χ4v) is 4.86. The van der Waals surface area contributed by atoms with Crippen LogP contribution < -0.4 is 15.4 Å². The molecule has 8 nitrogen and oxygen atoms in total. The van der Waals surface area contributed by atoms with E-state index in [1.165, 1.54) is 6.33 Å². The number of rotatable bonds is 6. The molecule has 1 fully saturated rings. The molecule has 3 aromatic heterocycles. The van der Waals surface area contributed by atoms with Crippen LogP contribution in [0.2, 0.25) is 10.0 Å². The quantitative estimate of drug-likeness (QED) is 0.435. The molecule has 1 atom stereocenters. The Morgan fingerprint density at radius 3 is 2.94 bits per heavy atom. The van der Waals surface area contributed by atoms with Gasteiger partial charge < -0.3 is 15.4 Å². The first-order valence-electron chi connectivity index (χ1n) is 10.7. The van der Waals surface area contributed by atoms with Gasteiger partial charge in [0.05, 0.1) is 15.7 Å². The Labute approximate surface area is 201 Å². The monoisotopic (exact) mass is 483 g/mol. The zero-order valence-corrected chi connectivity index (χ0v) is 19.6. The number of aryl methyl sites for hydroxylation is 1. The Bertz CT molecular complexity index is 1300. The van der Waals surface area contributed by atoms with Crippen LogP contribution in [-0.4, -0.2) is 43.9 Å². The number of aromatic nitrogens is 5. The SMILES string of the molecule is Cc1cc(-n2cncn2)c2cccc(OCc3c(Cl)cnc(N4CCC[C@H]4CN)c3Cl)c2n1. The van der Waals surface area contributed by atoms with Crippen molar-refractivity contribution in [2.45, 2.75) is 32.4 Å². The van der Waals surface area contributed by atoms with Crippen molar-refractivity contribution in [3.63, 3.8) is 0 Å². The number of hydrogen-bond acceptors (Lipinski definition) is 7. The van der Waals surface area contributed by atoms with Gasteiger partial charge in [0.2, 0.25) is 0 Å². The number of para-hydroxylation sites is 1. The Balaban J connectivity index is 1.49. The molecule has 0 radical (unpaired) electrons. The van der Waals surface area contributed by atoms with Crippen LogP contribution in [0.5, 0.6) is 5.75 Å². The highest BCUT2D eigenvalue weighted by molar-refractivity contribution is 6.37. The van der Waals surface area contributed by atoms with Crippen LogP contribution in [0.25, 0.3) is 16.6 Å². The van der Waals surface area contributed by atoms with Crippen molar-refractivity contribution in [1.82, 2.24) is 24.7 Å². The molecule has 1 saturated heterocycles. The first kappa shape index (κ1) is 21.9. The number of benzene rings is 1. The van der Waals surface area contributed by atoms with Crippen LogP contribution in [0.4, 0.5) is 5.82 Å². The van der Waals surface area contributed by atoms with Gasteiger partial charge in [-0.2, -0.15) is 5.10 Å². The van der Waals surface area contributed by atoms with Crippen LogP contribution in [0.1, 0.15) is 24.1 Å². The molecular weight excluding hydrogens is 461 g/mol. The molecule has 0 amide bonds. The minimum atomic E-state index is 0.182. The van der Waals surface area contributed by atoms with Crippen LogP contribution in [0.15, 0.2) is 43.1 Å². The largest absolute Gasteiger partial charge is 0.487 e. The average molecular weight is 484 g/mol. The maximum absolute atomic E-state index is 6.78. The first-order valence-corrected chi connectivity index (χ1v) is 11.5. The van der Waals surface area contributed by atoms with E-state index in [2.05, 4.69) is 20.0 Å². The van der Waals surface area contributed by atoms with Crippen molar-refractivity contribution < 1.29 is 4.74 Å². The van der Waals surface area contributed by atoms with Gasteiger partial charge in [0.15, 0.2) is 0 Å². The Hall–Kier alpha value is -2.94. The number of anilines is 1. The topological polar surface area (TPSA) is 95.0 Å². The normalized spacial score (nSPS) is 16.0. The van der Waals surface area contributed by atoms with Gasteiger partial charge in [0, 0.05) is 42.0 Å². The third kappa shape index (κ3) is 4.10. The molecule has 33 heavy (non-hydrogen) atoms. The number of fused-ring (bicyclic) bond motifs is 1. The number of hydrogen-bond donors (Lipinski definition) is 1. The minimum absolute atomic E-state index is 0.182. The summed E-state index contributed by atoms with van der Waals surface area (Å²) >= 11 is 13.3. The second-order valence-corrected chi connectivity index (χ2v) is 8.80. The predicted octanol–water partition coefficient (Wildman–Crippen LogP) is 4.33. The fraction of sp³-hybridized carbons (Fsp3) is 0.304. The molecular formula is C23H23Cl2N7O. The third-order valence-electron chi connectivity index (χ3n) is 5.92. The summed E-state index contributed by atoms with van der Waals surface area (Å²) < 4.78 is 7.93. The van der Waals surface area contributed by atoms with E-state index in [1.807, 2.05) is 31.2 Å². The summed E-state index contributed by atoms with van der Waals surface area (Å²) in [6.45, 7) is 3.54. The van der Waals surface area contributed by atoms with Crippen LogP contribution in [0.3, 0.4) is 0 Å². The van der Waals surface area contributed by atoms with E-state index >= 15 is 0 Å². The number of halogens is 2. The van der Waals surface area contributed by atoms with Crippen molar-refractivity contribution in [3.8, 4) is 11.4 Å². The highest BCUT2D eigenvalue weighted by atomic mass is 35.5. The summed E-state index contributed by atoms with van der Waals surface area (Å²) in [5.41, 5.74) is 9.08. The molecule has 0 aliphatic carbocycles. The maximum Gasteiger partial charge on any atom is 0.148 e. The molecule has 170 valence electrons. The van der Waals surface area contributed by atoms with Gasteiger partial charge in [-0.1, -0.05) is 35.3 Å². The Kier molecular flexibility index (Phi) is 6.05. The molecule has 0 unspecified atom stereocenters. The lowest BCUT2D eigenvalue weighted by Crippen LogP contribution is -2.36. The average Bonchev–Trinajstić information content (AvgIpc) is 3.51. The molecule has 1 aromatic carbocycles. The molecule has 0 bridgehead atoms. The van der Waals surface area contributed by atoms with Gasteiger partial charge in [-0.25, -0.2) is 19.6 Å². The van der Waals surface area contributed by atoms with Crippen molar-refractivity contribution in [2.24, 2.45) is 5.73 Å². The predicted molar refractivity (Wildman–Crippen MR) is 129 cm³/mol. The molecule has 0 saturated carbocycles. The maximum atomic E-state index is 6.78. The van der Waals surface area contributed by atoms with Gasteiger partial charge in [0.25, 0.3) is 0 Å². The third-order valence-corrected chi connectivity index (χ3v) is 6.64. The van der Waals surface area contributed by atoms with Crippen molar-refractivity contribution in [1.29, 1.82) is 0 Å². The summed E-state index contributed by atoms with van der Waals surface area (Å²) in [5, 5.41) is 6.12. The van der Waals surface area contributed by atoms with Crippen LogP contribution >= 0.6 is 23.2 Å². The molecule has 5 rings (SSSR count). The lowest BCUT2D eigenvalue weighted by atomic mass is 10.1. The molecule has 1 aliphatic heterocycles. The van der Waals surface area contributed by atoms with Gasteiger partial charge in [-0.05, 0) is 31.9 Å². The summed E-state index contributed by atoms with van der Waals surface area (Å²) in [6, 6.07) is 7.98. The van der Waals surface area contributed by atoms with Gasteiger partial charge >= 0.3 is 0 Å². The number of pyridine rings is 2. The smallest absolute Gasteiger partial charge is 0.148 e. The van der Waals surface area contributed by atoms with E-state index in [4.69, 9.17) is 38.7 Å². The van der Waals surface area contributed by atoms with E-state index in [9.17, 15) is 0 Å². The summed E-state index contributed by atoms with van der Waals surface area (Å²) in [4.78, 5) is 15.4. The van der Waals surface area contributed by atoms with Gasteiger partial charge in [0.1, 0.15) is 36.3 Å². The summed E-state index contributed by atoms with van der Waals surface area (Å²) in [6.07, 6.45) is 6.87. The van der Waals surface area contributed by atoms with Crippen LogP contribution in [0, 0.1) is 6.92 Å². The zero-order valence-electron chi connectivity index (χ0n) is 18.1. The summed E-state index contributed by atoms with van der Waals surface area (Å²) in [5.74, 6) is 1.33. The van der Waals surface area contributed by atoms with Crippen molar-refractivity contribution in [3.05, 3.63) is 64.4 Å². The van der Waals surface area contributed by atoms with Gasteiger partial charge in [-0.15, -0.1) is 0 Å². The second kappa shape index (κ2) is 9.13. The highest BCUT2D eigenvalue weighted by Crippen LogP contribution is 2.36. The fourth-order valence-electron chi connectivity index (χ4n) is 4.30. The molecule has 4 aromatic rings. The molecule has 4 heterocycles. The lowest BCUT2D eigenvalue weighted by molar-refractivity contribution is 0.309. The Morgan fingerprint density at radius 2 is 2.15 bits per heavy atom. The Morgan fingerprint density at radius 1 is 1.27 bits per heavy atom. The number of ether oxygens (including phenoxy) is 1. The minimum Gasteiger partial charge on any atom is -0.487 e. The molecule has 1 aliphatic rings. The molecule has 0 spiro atoms. The van der Waals surface area contributed by atoms with Crippen molar-refractivity contribution in [2.75, 3.05) is 18.0 Å². The second-order valence-electron chi connectivity index (χ2n) is 8.01. The van der Waals surface area contributed by atoms with E-state index in [1.54, 1.807) is 17.2 Å². The van der Waals surface area contributed by atoms with E-state index in [0.29, 0.717) is 33.7 Å². The van der Waals surface area contributed by atoms with Crippen molar-refractivity contribution >= 4 is 39.9 Å². The van der Waals surface area contributed by atoms with Crippen LogP contribution in [-0.2, 0) is 6.61 Å². The summed E-state index contributed by atoms with van der Waals surface area (Å²) in [7, 11) is 0. The number of nitrogens with zero attached hydrogens (tertiary/aromatic N) is 6. The lowest BCUT2D eigenvalue weighted by Gasteiger charge is -2.26. The highest BCUT2D eigenvalue weighted by Gasteiger charge is 2.27.